The summed E-state index contributed by atoms with van der Waals surface area (Å²) in [5.74, 6) is -0.298. The van der Waals surface area contributed by atoms with Crippen molar-refractivity contribution < 1.29 is 22.4 Å². The van der Waals surface area contributed by atoms with Gasteiger partial charge in [-0.2, -0.15) is 0 Å². The molecule has 2 aromatic rings. The minimum absolute atomic E-state index is 0.0800. The first-order valence-electron chi connectivity index (χ1n) is 9.63. The van der Waals surface area contributed by atoms with Crippen molar-refractivity contribution in [2.24, 2.45) is 0 Å². The molecule has 0 saturated carbocycles. The van der Waals surface area contributed by atoms with E-state index in [4.69, 9.17) is 11.6 Å². The molecule has 0 radical (unpaired) electrons. The van der Waals surface area contributed by atoms with Gasteiger partial charge in [-0.15, -0.1) is 11.3 Å². The molecule has 1 aromatic heterocycles. The van der Waals surface area contributed by atoms with E-state index in [1.165, 1.54) is 30.0 Å². The average molecular weight is 498 g/mol. The van der Waals surface area contributed by atoms with E-state index >= 15 is 0 Å². The van der Waals surface area contributed by atoms with Gasteiger partial charge in [0.05, 0.1) is 4.34 Å². The average Bonchev–Trinajstić information content (AvgIpc) is 3.17. The van der Waals surface area contributed by atoms with E-state index in [0.717, 1.165) is 16.9 Å². The van der Waals surface area contributed by atoms with Crippen LogP contribution in [-0.2, 0) is 14.8 Å². The van der Waals surface area contributed by atoms with Crippen LogP contribution >= 0.6 is 22.9 Å². The van der Waals surface area contributed by atoms with Crippen molar-refractivity contribution in [2.45, 2.75) is 30.6 Å². The summed E-state index contributed by atoms with van der Waals surface area (Å²) in [6.45, 7) is 3.62. The molecule has 1 aliphatic heterocycles. The van der Waals surface area contributed by atoms with Crippen LogP contribution in [0.2, 0.25) is 4.34 Å². The van der Waals surface area contributed by atoms with Crippen molar-refractivity contribution in [3.05, 3.63) is 64.0 Å². The Morgan fingerprint density at radius 3 is 2.50 bits per heavy atom. The van der Waals surface area contributed by atoms with Gasteiger partial charge in [-0.3, -0.25) is 4.79 Å². The van der Waals surface area contributed by atoms with Gasteiger partial charge >= 0.3 is 6.03 Å². The molecule has 1 fully saturated rings. The largest absolute Gasteiger partial charge is 0.333 e. The molecule has 170 valence electrons. The molecule has 11 heteroatoms. The highest BCUT2D eigenvalue weighted by atomic mass is 35.5. The summed E-state index contributed by atoms with van der Waals surface area (Å²) < 4.78 is 40.1. The fourth-order valence-corrected chi connectivity index (χ4v) is 5.59. The third kappa shape index (κ3) is 5.56. The van der Waals surface area contributed by atoms with Gasteiger partial charge in [0.15, 0.2) is 0 Å². The van der Waals surface area contributed by atoms with Crippen molar-refractivity contribution in [3.63, 3.8) is 0 Å². The number of thiophene rings is 1. The fourth-order valence-electron chi connectivity index (χ4n) is 3.20. The number of amides is 3. The highest BCUT2D eigenvalue weighted by molar-refractivity contribution is 7.92. The Morgan fingerprint density at radius 2 is 1.94 bits per heavy atom. The Labute approximate surface area is 194 Å². The van der Waals surface area contributed by atoms with E-state index in [1.807, 2.05) is 17.7 Å². The maximum atomic E-state index is 13.5. The van der Waals surface area contributed by atoms with Gasteiger partial charge in [0, 0.05) is 23.5 Å². The molecule has 0 aliphatic carbocycles. The smallest absolute Gasteiger partial charge is 0.308 e. The van der Waals surface area contributed by atoms with E-state index < -0.39 is 22.2 Å². The van der Waals surface area contributed by atoms with Gasteiger partial charge in [-0.1, -0.05) is 17.7 Å². The lowest BCUT2D eigenvalue weighted by atomic mass is 9.95. The van der Waals surface area contributed by atoms with E-state index in [1.54, 1.807) is 24.3 Å². The third-order valence-corrected chi connectivity index (χ3v) is 7.70. The highest BCUT2D eigenvalue weighted by Gasteiger charge is 2.28. The summed E-state index contributed by atoms with van der Waals surface area (Å²) >= 11 is 6.58. The number of nitrogens with zero attached hydrogens (tertiary/aromatic N) is 1. The lowest BCUT2D eigenvalue weighted by Gasteiger charge is -2.30. The number of benzene rings is 1. The minimum atomic E-state index is -4.04. The van der Waals surface area contributed by atoms with Crippen LogP contribution in [-0.4, -0.2) is 33.1 Å². The molecule has 2 heterocycles. The Balaban J connectivity index is 1.70. The molecule has 0 bridgehead atoms. The highest BCUT2D eigenvalue weighted by Crippen LogP contribution is 2.29. The number of carbonyl (C=O) groups is 2. The number of anilines is 2. The second kappa shape index (κ2) is 9.85. The van der Waals surface area contributed by atoms with Crippen molar-refractivity contribution in [1.82, 2.24) is 4.72 Å². The number of hydrogen-bond acceptors (Lipinski definition) is 5. The standard InChI is InChI=1S/C21H21ClFN3O4S2/c1-3-14-10-11-26(20(27)17(14)12-13(2)23)16-6-4-15(5-7-16)24-21(28)25-32(29,30)19-9-8-18(22)31-19/h3-9,12-13H,10-11H2,1-2H3,(H2,24,25,28)/b14-3-,17-12+. The molecule has 2 N–H and O–H groups in total. The van der Waals surface area contributed by atoms with Crippen LogP contribution < -0.4 is 14.9 Å². The van der Waals surface area contributed by atoms with Crippen molar-refractivity contribution in [1.29, 1.82) is 0 Å². The van der Waals surface area contributed by atoms with Crippen LogP contribution in [0, 0.1) is 0 Å². The maximum absolute atomic E-state index is 13.5. The van der Waals surface area contributed by atoms with Crippen molar-refractivity contribution in [3.8, 4) is 0 Å². The summed E-state index contributed by atoms with van der Waals surface area (Å²) in [5.41, 5.74) is 2.06. The van der Waals surface area contributed by atoms with Gasteiger partial charge in [0.1, 0.15) is 10.4 Å². The van der Waals surface area contributed by atoms with E-state index in [0.29, 0.717) is 29.9 Å². The number of halogens is 2. The topological polar surface area (TPSA) is 95.6 Å². The molecule has 1 saturated heterocycles. The fraction of sp³-hybridized carbons (Fsp3) is 0.238. The SMILES string of the molecule is C/C=C1/CCN(c2ccc(NC(=O)NS(=O)(=O)c3ccc(Cl)s3)cc2)C(=O)/C1=C/C(C)F. The number of alkyl halides is 1. The number of nitrogens with one attached hydrogen (secondary N) is 2. The zero-order valence-corrected chi connectivity index (χ0v) is 19.7. The number of piperidine rings is 1. The van der Waals surface area contributed by atoms with Gasteiger partial charge in [-0.05, 0) is 68.3 Å². The van der Waals surface area contributed by atoms with Gasteiger partial charge in [0.25, 0.3) is 15.9 Å². The molecule has 7 nitrogen and oxygen atoms in total. The van der Waals surface area contributed by atoms with Crippen molar-refractivity contribution in [2.75, 3.05) is 16.8 Å². The van der Waals surface area contributed by atoms with Crippen LogP contribution in [0.15, 0.2) is 63.9 Å². The number of hydrogen-bond donors (Lipinski definition) is 2. The third-order valence-electron chi connectivity index (χ3n) is 4.65. The normalized spacial score (nSPS) is 18.1. The molecule has 3 amide bonds. The van der Waals surface area contributed by atoms with E-state index in [2.05, 4.69) is 5.32 Å². The number of sulfonamides is 1. The quantitative estimate of drug-likeness (QED) is 0.575. The number of allylic oxidation sites excluding steroid dienone is 2. The number of carbonyl (C=O) groups excluding carboxylic acids is 2. The predicted molar refractivity (Wildman–Crippen MR) is 124 cm³/mol. The molecule has 1 atom stereocenters. The van der Waals surface area contributed by atoms with Gasteiger partial charge < -0.3 is 10.2 Å². The first-order chi connectivity index (χ1) is 15.1. The monoisotopic (exact) mass is 497 g/mol. The second-order valence-corrected chi connectivity index (χ2v) is 10.6. The Hall–Kier alpha value is -2.69. The van der Waals surface area contributed by atoms with E-state index in [9.17, 15) is 22.4 Å². The number of urea groups is 1. The molecule has 3 rings (SSSR count). The van der Waals surface area contributed by atoms with Gasteiger partial charge in [-0.25, -0.2) is 22.3 Å². The van der Waals surface area contributed by atoms with Crippen LogP contribution in [0.4, 0.5) is 20.6 Å². The van der Waals surface area contributed by atoms with Gasteiger partial charge in [0.2, 0.25) is 0 Å². The zero-order valence-electron chi connectivity index (χ0n) is 17.3. The van der Waals surface area contributed by atoms with Crippen LogP contribution in [0.5, 0.6) is 0 Å². The lowest BCUT2D eigenvalue weighted by Crippen LogP contribution is -2.38. The minimum Gasteiger partial charge on any atom is -0.308 e. The van der Waals surface area contributed by atoms with Crippen molar-refractivity contribution >= 4 is 56.3 Å². The lowest BCUT2D eigenvalue weighted by molar-refractivity contribution is -0.115. The Bertz CT molecular complexity index is 1190. The van der Waals surface area contributed by atoms with Crippen LogP contribution in [0.25, 0.3) is 0 Å². The molecule has 32 heavy (non-hydrogen) atoms. The molecule has 1 aromatic carbocycles. The first kappa shape index (κ1) is 24.0. The summed E-state index contributed by atoms with van der Waals surface area (Å²) in [7, 11) is -4.04. The molecule has 0 spiro atoms. The molecular formula is C21H21ClFN3O4S2. The summed E-state index contributed by atoms with van der Waals surface area (Å²) in [4.78, 5) is 26.5. The second-order valence-electron chi connectivity index (χ2n) is 6.94. The zero-order chi connectivity index (χ0) is 23.5. The summed E-state index contributed by atoms with van der Waals surface area (Å²) in [5, 5.41) is 2.44. The summed E-state index contributed by atoms with van der Waals surface area (Å²) in [6, 6.07) is 8.13. The van der Waals surface area contributed by atoms with Crippen LogP contribution in [0.3, 0.4) is 0 Å². The summed E-state index contributed by atoms with van der Waals surface area (Å²) in [6.07, 6.45) is 2.46. The van der Waals surface area contributed by atoms with Crippen LogP contribution in [0.1, 0.15) is 20.3 Å². The molecule has 1 unspecified atom stereocenters. The predicted octanol–water partition coefficient (Wildman–Crippen LogP) is 4.88. The molecular weight excluding hydrogens is 477 g/mol. The van der Waals surface area contributed by atoms with E-state index in [-0.39, 0.29) is 14.5 Å². The Kier molecular flexibility index (Phi) is 7.37. The maximum Gasteiger partial charge on any atom is 0.333 e. The number of rotatable bonds is 5. The first-order valence-corrected chi connectivity index (χ1v) is 12.3. The Morgan fingerprint density at radius 1 is 1.25 bits per heavy atom. The molecule has 1 aliphatic rings.